The molecule has 2 aromatic rings. The van der Waals surface area contributed by atoms with Crippen LogP contribution in [0.2, 0.25) is 0 Å². The maximum atomic E-state index is 12.4. The molecule has 0 aliphatic rings. The average molecular weight is 301 g/mol. The monoisotopic (exact) mass is 301 g/mol. The van der Waals surface area contributed by atoms with Gasteiger partial charge in [0.15, 0.2) is 5.69 Å². The largest absolute Gasteiger partial charge is 0.476 e. The van der Waals surface area contributed by atoms with Gasteiger partial charge in [-0.3, -0.25) is 9.48 Å². The van der Waals surface area contributed by atoms with Crippen molar-refractivity contribution in [1.29, 1.82) is 0 Å². The van der Waals surface area contributed by atoms with Gasteiger partial charge < -0.3 is 10.4 Å². The Morgan fingerprint density at radius 1 is 1.32 bits per heavy atom. The maximum absolute atomic E-state index is 12.4. The maximum Gasteiger partial charge on any atom is 0.357 e. The van der Waals surface area contributed by atoms with Gasteiger partial charge in [-0.15, -0.1) is 0 Å². The van der Waals surface area contributed by atoms with Gasteiger partial charge in [0.1, 0.15) is 0 Å². The summed E-state index contributed by atoms with van der Waals surface area (Å²) in [6.07, 6.45) is 2.12. The molecule has 2 rings (SSSR count). The van der Waals surface area contributed by atoms with Crippen LogP contribution in [0.5, 0.6) is 0 Å². The van der Waals surface area contributed by atoms with Crippen LogP contribution in [0.15, 0.2) is 30.5 Å². The lowest BCUT2D eigenvalue weighted by atomic mass is 10.0. The number of carboxylic acid groups (broad SMARTS) is 1. The summed E-state index contributed by atoms with van der Waals surface area (Å²) in [6.45, 7) is 3.96. The first kappa shape index (κ1) is 15.8. The van der Waals surface area contributed by atoms with E-state index in [-0.39, 0.29) is 17.3 Å². The molecule has 0 radical (unpaired) electrons. The van der Waals surface area contributed by atoms with Crippen molar-refractivity contribution in [2.45, 2.75) is 26.3 Å². The van der Waals surface area contributed by atoms with Crippen molar-refractivity contribution in [2.75, 3.05) is 0 Å². The lowest BCUT2D eigenvalue weighted by molar-refractivity contribution is 0.0683. The predicted molar refractivity (Wildman–Crippen MR) is 81.8 cm³/mol. The number of nitrogens with zero attached hydrogens (tertiary/aromatic N) is 2. The van der Waals surface area contributed by atoms with Crippen molar-refractivity contribution < 1.29 is 14.7 Å². The Labute approximate surface area is 128 Å². The van der Waals surface area contributed by atoms with Crippen molar-refractivity contribution in [3.8, 4) is 0 Å². The fourth-order valence-corrected chi connectivity index (χ4v) is 2.27. The highest BCUT2D eigenvalue weighted by Gasteiger charge is 2.23. The highest BCUT2D eigenvalue weighted by Crippen LogP contribution is 2.18. The molecule has 0 aliphatic heterocycles. The number of carboxylic acids is 1. The summed E-state index contributed by atoms with van der Waals surface area (Å²) in [5.41, 5.74) is 1.96. The Kier molecular flexibility index (Phi) is 4.60. The highest BCUT2D eigenvalue weighted by molar-refractivity contribution is 6.03. The molecule has 116 valence electrons. The summed E-state index contributed by atoms with van der Waals surface area (Å²) >= 11 is 0. The van der Waals surface area contributed by atoms with Gasteiger partial charge in [0.25, 0.3) is 5.91 Å². The van der Waals surface area contributed by atoms with Crippen molar-refractivity contribution in [3.05, 3.63) is 52.8 Å². The van der Waals surface area contributed by atoms with Gasteiger partial charge in [0.05, 0.1) is 11.6 Å². The third-order valence-electron chi connectivity index (χ3n) is 3.47. The van der Waals surface area contributed by atoms with E-state index in [1.165, 1.54) is 10.9 Å². The normalized spacial score (nSPS) is 12.0. The first-order chi connectivity index (χ1) is 10.4. The van der Waals surface area contributed by atoms with Gasteiger partial charge in [-0.25, -0.2) is 4.79 Å². The first-order valence-corrected chi connectivity index (χ1v) is 7.06. The van der Waals surface area contributed by atoms with E-state index < -0.39 is 11.9 Å². The van der Waals surface area contributed by atoms with E-state index in [0.717, 1.165) is 11.1 Å². The second kappa shape index (κ2) is 6.43. The molecule has 1 unspecified atom stereocenters. The molecule has 1 heterocycles. The number of benzene rings is 1. The van der Waals surface area contributed by atoms with Crippen molar-refractivity contribution in [2.24, 2.45) is 7.05 Å². The number of rotatable bonds is 5. The summed E-state index contributed by atoms with van der Waals surface area (Å²) in [5, 5.41) is 15.8. The van der Waals surface area contributed by atoms with Crippen LogP contribution in [0.4, 0.5) is 0 Å². The summed E-state index contributed by atoms with van der Waals surface area (Å²) in [6, 6.07) is 7.72. The Balaban J connectivity index is 2.23. The second-order valence-electron chi connectivity index (χ2n) is 5.22. The molecule has 1 aromatic carbocycles. The minimum absolute atomic E-state index is 0.0700. The van der Waals surface area contributed by atoms with E-state index >= 15 is 0 Å². The van der Waals surface area contributed by atoms with E-state index in [2.05, 4.69) is 10.4 Å². The molecule has 0 saturated heterocycles. The molecule has 6 heteroatoms. The van der Waals surface area contributed by atoms with Crippen LogP contribution in [0.3, 0.4) is 0 Å². The average Bonchev–Trinajstić information content (AvgIpc) is 2.88. The number of carbonyl (C=O) groups excluding carboxylic acids is 1. The lowest BCUT2D eigenvalue weighted by Crippen LogP contribution is -2.29. The topological polar surface area (TPSA) is 84.2 Å². The first-order valence-electron chi connectivity index (χ1n) is 7.06. The van der Waals surface area contributed by atoms with Crippen molar-refractivity contribution >= 4 is 11.9 Å². The molecule has 0 fully saturated rings. The molecule has 6 nitrogen and oxygen atoms in total. The summed E-state index contributed by atoms with van der Waals surface area (Å²) in [5.74, 6) is -1.65. The number of aromatic nitrogens is 2. The number of aryl methyl sites for hydroxylation is 2. The van der Waals surface area contributed by atoms with Crippen LogP contribution in [0.1, 0.15) is 51.4 Å². The molecular weight excluding hydrogens is 282 g/mol. The summed E-state index contributed by atoms with van der Waals surface area (Å²) in [4.78, 5) is 23.5. The molecule has 22 heavy (non-hydrogen) atoms. The molecule has 0 spiro atoms. The lowest BCUT2D eigenvalue weighted by Gasteiger charge is -2.17. The van der Waals surface area contributed by atoms with Crippen molar-refractivity contribution in [3.63, 3.8) is 0 Å². The minimum atomic E-state index is -1.21. The van der Waals surface area contributed by atoms with Crippen LogP contribution in [0.25, 0.3) is 0 Å². The predicted octanol–water partition coefficient (Wildman–Crippen LogP) is 2.31. The van der Waals surface area contributed by atoms with Gasteiger partial charge >= 0.3 is 5.97 Å². The third-order valence-corrected chi connectivity index (χ3v) is 3.47. The van der Waals surface area contributed by atoms with Crippen LogP contribution < -0.4 is 5.32 Å². The molecule has 2 N–H and O–H groups in total. The zero-order valence-electron chi connectivity index (χ0n) is 12.8. The molecule has 1 atom stereocenters. The van der Waals surface area contributed by atoms with E-state index in [9.17, 15) is 9.59 Å². The quantitative estimate of drug-likeness (QED) is 0.887. The standard InChI is InChI=1S/C16H19N3O3/c1-4-13(11-7-5-10(2)6-8-11)17-15(20)12-9-19(3)18-14(12)16(21)22/h5-9,13H,4H2,1-3H3,(H,17,20)(H,21,22). The fraction of sp³-hybridized carbons (Fsp3) is 0.312. The number of carbonyl (C=O) groups is 2. The zero-order chi connectivity index (χ0) is 16.3. The van der Waals surface area contributed by atoms with Gasteiger partial charge in [-0.2, -0.15) is 5.10 Å². The molecule has 0 bridgehead atoms. The Morgan fingerprint density at radius 3 is 2.50 bits per heavy atom. The van der Waals surface area contributed by atoms with E-state index in [1.54, 1.807) is 7.05 Å². The SMILES string of the molecule is CCC(NC(=O)c1cn(C)nc1C(=O)O)c1ccc(C)cc1. The smallest absolute Gasteiger partial charge is 0.357 e. The Hall–Kier alpha value is -2.63. The molecule has 0 aliphatic carbocycles. The zero-order valence-corrected chi connectivity index (χ0v) is 12.8. The van der Waals surface area contributed by atoms with Crippen LogP contribution in [-0.4, -0.2) is 26.8 Å². The number of hydrogen-bond acceptors (Lipinski definition) is 3. The molecule has 1 amide bonds. The van der Waals surface area contributed by atoms with Gasteiger partial charge in [-0.05, 0) is 18.9 Å². The number of hydrogen-bond donors (Lipinski definition) is 2. The van der Waals surface area contributed by atoms with Gasteiger partial charge in [-0.1, -0.05) is 36.8 Å². The number of aromatic carboxylic acids is 1. The molecule has 1 aromatic heterocycles. The highest BCUT2D eigenvalue weighted by atomic mass is 16.4. The van der Waals surface area contributed by atoms with E-state index in [0.29, 0.717) is 6.42 Å². The third kappa shape index (κ3) is 3.33. The summed E-state index contributed by atoms with van der Waals surface area (Å²) in [7, 11) is 1.58. The Bertz CT molecular complexity index is 689. The van der Waals surface area contributed by atoms with Gasteiger partial charge in [0.2, 0.25) is 0 Å². The second-order valence-corrected chi connectivity index (χ2v) is 5.22. The van der Waals surface area contributed by atoms with Crippen molar-refractivity contribution in [1.82, 2.24) is 15.1 Å². The van der Waals surface area contributed by atoms with Crippen LogP contribution in [-0.2, 0) is 7.05 Å². The number of amides is 1. The van der Waals surface area contributed by atoms with Crippen LogP contribution >= 0.6 is 0 Å². The fourth-order valence-electron chi connectivity index (χ4n) is 2.27. The van der Waals surface area contributed by atoms with E-state index in [1.807, 2.05) is 38.1 Å². The summed E-state index contributed by atoms with van der Waals surface area (Å²) < 4.78 is 1.32. The minimum Gasteiger partial charge on any atom is -0.476 e. The van der Waals surface area contributed by atoms with E-state index in [4.69, 9.17) is 5.11 Å². The molecular formula is C16H19N3O3. The van der Waals surface area contributed by atoms with Gasteiger partial charge in [0, 0.05) is 13.2 Å². The molecule has 0 saturated carbocycles. The Morgan fingerprint density at radius 2 is 1.95 bits per heavy atom. The number of nitrogens with one attached hydrogen (secondary N) is 1. The van der Waals surface area contributed by atoms with Crippen LogP contribution in [0, 0.1) is 6.92 Å².